The maximum absolute atomic E-state index is 14.8. The Morgan fingerprint density at radius 2 is 1.83 bits per heavy atom. The number of aromatic nitrogens is 2. The Kier molecular flexibility index (Phi) is 6.88. The number of rotatable bonds is 5. The summed E-state index contributed by atoms with van der Waals surface area (Å²) in [6.45, 7) is 7.32. The Morgan fingerprint density at radius 1 is 1.10 bits per heavy atom. The Bertz CT molecular complexity index is 1680. The van der Waals surface area contributed by atoms with E-state index in [0.717, 1.165) is 11.6 Å². The molecule has 1 aliphatic carbocycles. The minimum absolute atomic E-state index is 0.0524. The molecule has 0 amide bonds. The molecule has 10 heteroatoms. The quantitative estimate of drug-likeness (QED) is 0.205. The minimum Gasteiger partial charge on any atom is -0.496 e. The Hall–Kier alpha value is -3.92. The van der Waals surface area contributed by atoms with Crippen molar-refractivity contribution in [3.63, 3.8) is 0 Å². The van der Waals surface area contributed by atoms with Crippen molar-refractivity contribution >= 4 is 16.6 Å². The number of fused-ring (bicyclic) bond motifs is 2. The van der Waals surface area contributed by atoms with Crippen LogP contribution in [0.15, 0.2) is 65.6 Å². The number of hydrogen-bond donors (Lipinski definition) is 2. The summed E-state index contributed by atoms with van der Waals surface area (Å²) < 4.78 is 64.9. The lowest BCUT2D eigenvalue weighted by Crippen LogP contribution is -2.58. The van der Waals surface area contributed by atoms with Gasteiger partial charge in [0.05, 0.1) is 30.6 Å². The highest BCUT2D eigenvalue weighted by atomic mass is 19.4. The third-order valence-corrected chi connectivity index (χ3v) is 7.92. The van der Waals surface area contributed by atoms with Crippen molar-refractivity contribution in [3.05, 3.63) is 93.8 Å². The smallest absolute Gasteiger partial charge is 0.419 e. The van der Waals surface area contributed by atoms with Crippen molar-refractivity contribution in [1.82, 2.24) is 9.55 Å². The number of aliphatic hydroxyl groups is 1. The summed E-state index contributed by atoms with van der Waals surface area (Å²) >= 11 is 0. The second-order valence-electron chi connectivity index (χ2n) is 11.5. The molecule has 2 N–H and O–H groups in total. The molecule has 41 heavy (non-hydrogen) atoms. The SMILES string of the molecule is COc1c(C(C)C)ccc2c1C(C)(C)CC(O)(C(F)(F)F)C2Nc1cccc2c1ccc(=O)n2-c1ccc(F)nc1. The van der Waals surface area contributed by atoms with Gasteiger partial charge in [-0.1, -0.05) is 45.9 Å². The zero-order valence-electron chi connectivity index (χ0n) is 23.3. The van der Waals surface area contributed by atoms with Gasteiger partial charge in [-0.3, -0.25) is 9.36 Å². The van der Waals surface area contributed by atoms with Crippen LogP contribution in [0, 0.1) is 5.95 Å². The lowest BCUT2D eigenvalue weighted by Gasteiger charge is -2.49. The van der Waals surface area contributed by atoms with Crippen molar-refractivity contribution in [2.45, 2.75) is 63.3 Å². The summed E-state index contributed by atoms with van der Waals surface area (Å²) in [6.07, 6.45) is -4.38. The van der Waals surface area contributed by atoms with Crippen LogP contribution < -0.4 is 15.6 Å². The fraction of sp³-hybridized carbons (Fsp3) is 0.355. The summed E-state index contributed by atoms with van der Waals surface area (Å²) in [4.78, 5) is 16.5. The van der Waals surface area contributed by atoms with E-state index in [0.29, 0.717) is 27.9 Å². The van der Waals surface area contributed by atoms with Gasteiger partial charge in [0.2, 0.25) is 5.95 Å². The molecule has 6 nitrogen and oxygen atoms in total. The first kappa shape index (κ1) is 28.6. The molecule has 0 bridgehead atoms. The van der Waals surface area contributed by atoms with E-state index in [-0.39, 0.29) is 17.2 Å². The molecule has 5 rings (SSSR count). The molecule has 1 aliphatic rings. The molecule has 2 unspecified atom stereocenters. The van der Waals surface area contributed by atoms with Crippen molar-refractivity contribution in [1.29, 1.82) is 0 Å². The van der Waals surface area contributed by atoms with E-state index < -0.39 is 41.2 Å². The van der Waals surface area contributed by atoms with E-state index in [1.54, 1.807) is 44.2 Å². The van der Waals surface area contributed by atoms with E-state index in [2.05, 4.69) is 10.3 Å². The average Bonchev–Trinajstić information content (AvgIpc) is 2.89. The maximum atomic E-state index is 14.8. The topological polar surface area (TPSA) is 76.4 Å². The Labute approximate surface area is 234 Å². The van der Waals surface area contributed by atoms with Gasteiger partial charge in [-0.25, -0.2) is 4.98 Å². The van der Waals surface area contributed by atoms with Crippen LogP contribution in [0.4, 0.5) is 23.2 Å². The van der Waals surface area contributed by atoms with Crippen LogP contribution in [0.2, 0.25) is 0 Å². The van der Waals surface area contributed by atoms with Crippen molar-refractivity contribution < 1.29 is 27.4 Å². The summed E-state index contributed by atoms with van der Waals surface area (Å²) in [5, 5.41) is 14.9. The van der Waals surface area contributed by atoms with Gasteiger partial charge in [0.1, 0.15) is 5.75 Å². The third kappa shape index (κ3) is 4.64. The standard InChI is InChI=1S/C31H31F4N3O3/c1-17(2)19-10-11-21-26(27(19)41-5)29(3,4)16-30(40,31(33,34)35)28(21)37-22-7-6-8-23-20(22)12-14-25(39)38(23)18-9-13-24(32)36-15-18/h6-15,17,28,37,40H,16H2,1-5H3. The average molecular weight is 570 g/mol. The number of benzene rings is 2. The van der Waals surface area contributed by atoms with E-state index in [1.165, 1.54) is 36.1 Å². The summed E-state index contributed by atoms with van der Waals surface area (Å²) in [7, 11) is 1.50. The minimum atomic E-state index is -4.98. The number of nitrogens with one attached hydrogen (secondary N) is 1. The first-order chi connectivity index (χ1) is 19.2. The molecule has 4 aromatic rings. The van der Waals surface area contributed by atoms with Crippen LogP contribution in [0.3, 0.4) is 0 Å². The predicted molar refractivity (Wildman–Crippen MR) is 149 cm³/mol. The molecule has 2 atom stereocenters. The van der Waals surface area contributed by atoms with Crippen LogP contribution in [0.1, 0.15) is 62.8 Å². The van der Waals surface area contributed by atoms with Crippen LogP contribution in [0.25, 0.3) is 16.6 Å². The van der Waals surface area contributed by atoms with Gasteiger partial charge in [-0.05, 0) is 59.2 Å². The summed E-state index contributed by atoms with van der Waals surface area (Å²) in [6, 6.07) is 11.9. The molecule has 0 saturated heterocycles. The number of methoxy groups -OCH3 is 1. The molecule has 2 heterocycles. The van der Waals surface area contributed by atoms with Crippen molar-refractivity contribution in [2.24, 2.45) is 0 Å². The number of nitrogens with zero attached hydrogens (tertiary/aromatic N) is 2. The van der Waals surface area contributed by atoms with E-state index in [1.807, 2.05) is 13.8 Å². The highest BCUT2D eigenvalue weighted by Crippen LogP contribution is 2.57. The van der Waals surface area contributed by atoms with E-state index in [9.17, 15) is 27.5 Å². The normalized spacial score (nSPS) is 20.2. The second kappa shape index (κ2) is 9.87. The van der Waals surface area contributed by atoms with Gasteiger partial charge in [-0.2, -0.15) is 17.6 Å². The van der Waals surface area contributed by atoms with Gasteiger partial charge in [-0.15, -0.1) is 0 Å². The largest absolute Gasteiger partial charge is 0.496 e. The molecular formula is C31H31F4N3O3. The van der Waals surface area contributed by atoms with Crippen LogP contribution in [-0.4, -0.2) is 33.5 Å². The highest BCUT2D eigenvalue weighted by Gasteiger charge is 2.64. The molecule has 0 aliphatic heterocycles. The van der Waals surface area contributed by atoms with Crippen LogP contribution >= 0.6 is 0 Å². The third-order valence-electron chi connectivity index (χ3n) is 7.92. The van der Waals surface area contributed by atoms with Crippen LogP contribution in [-0.2, 0) is 5.41 Å². The molecule has 0 fully saturated rings. The number of hydrogen-bond acceptors (Lipinski definition) is 5. The summed E-state index contributed by atoms with van der Waals surface area (Å²) in [5.74, 6) is -0.156. The number of halogens is 4. The van der Waals surface area contributed by atoms with Crippen LogP contribution in [0.5, 0.6) is 5.75 Å². The van der Waals surface area contributed by atoms with Gasteiger partial charge in [0.15, 0.2) is 5.60 Å². The van der Waals surface area contributed by atoms with E-state index >= 15 is 0 Å². The van der Waals surface area contributed by atoms with Gasteiger partial charge in [0, 0.05) is 22.7 Å². The monoisotopic (exact) mass is 569 g/mol. The van der Waals surface area contributed by atoms with Gasteiger partial charge >= 0.3 is 6.18 Å². The van der Waals surface area contributed by atoms with Crippen molar-refractivity contribution in [3.8, 4) is 11.4 Å². The molecule has 0 radical (unpaired) electrons. The first-order valence-corrected chi connectivity index (χ1v) is 13.2. The number of ether oxygens (including phenoxy) is 1. The molecule has 0 spiro atoms. The lowest BCUT2D eigenvalue weighted by molar-refractivity contribution is -0.275. The lowest BCUT2D eigenvalue weighted by atomic mass is 9.62. The number of alkyl halides is 3. The van der Waals surface area contributed by atoms with Gasteiger partial charge in [0.25, 0.3) is 5.56 Å². The zero-order chi connectivity index (χ0) is 29.9. The van der Waals surface area contributed by atoms with E-state index in [4.69, 9.17) is 4.74 Å². The molecule has 2 aromatic heterocycles. The number of pyridine rings is 2. The van der Waals surface area contributed by atoms with Crippen molar-refractivity contribution in [2.75, 3.05) is 12.4 Å². The molecule has 0 saturated carbocycles. The highest BCUT2D eigenvalue weighted by molar-refractivity contribution is 5.92. The summed E-state index contributed by atoms with van der Waals surface area (Å²) in [5.41, 5.74) is -1.96. The Balaban J connectivity index is 1.75. The molecule has 2 aromatic carbocycles. The molecular weight excluding hydrogens is 538 g/mol. The molecule has 216 valence electrons. The predicted octanol–water partition coefficient (Wildman–Crippen LogP) is 6.78. The van der Waals surface area contributed by atoms with Gasteiger partial charge < -0.3 is 15.2 Å². The first-order valence-electron chi connectivity index (χ1n) is 13.2. The maximum Gasteiger partial charge on any atom is 0.419 e. The fourth-order valence-corrected chi connectivity index (χ4v) is 6.13. The zero-order valence-corrected chi connectivity index (χ0v) is 23.3. The fourth-order valence-electron chi connectivity index (χ4n) is 6.13. The Morgan fingerprint density at radius 3 is 2.44 bits per heavy atom. The number of anilines is 1. The second-order valence-corrected chi connectivity index (χ2v) is 11.5.